The molecule has 0 atom stereocenters. The quantitative estimate of drug-likeness (QED) is 0.905. The van der Waals surface area contributed by atoms with Gasteiger partial charge in [0.25, 0.3) is 0 Å². The molecule has 1 N–H and O–H groups in total. The minimum Gasteiger partial charge on any atom is -0.341 e. The van der Waals surface area contributed by atoms with Crippen molar-refractivity contribution < 1.29 is 9.59 Å². The van der Waals surface area contributed by atoms with Gasteiger partial charge in [-0.2, -0.15) is 0 Å². The summed E-state index contributed by atoms with van der Waals surface area (Å²) in [5.41, 5.74) is 1.97. The maximum Gasteiger partial charge on any atom is 0.317 e. The lowest BCUT2D eigenvalue weighted by Crippen LogP contribution is -2.49. The lowest BCUT2D eigenvalue weighted by atomic mass is 10.1. The van der Waals surface area contributed by atoms with Crippen LogP contribution < -0.4 is 5.32 Å². The van der Waals surface area contributed by atoms with Gasteiger partial charge in [-0.05, 0) is 39.7 Å². The summed E-state index contributed by atoms with van der Waals surface area (Å²) < 4.78 is 0. The summed E-state index contributed by atoms with van der Waals surface area (Å²) in [7, 11) is 0. The fourth-order valence-electron chi connectivity index (χ4n) is 2.88. The number of benzene rings is 1. The number of nitrogens with zero attached hydrogens (tertiary/aromatic N) is 2. The Morgan fingerprint density at radius 1 is 1.08 bits per heavy atom. The third-order valence-corrected chi connectivity index (χ3v) is 4.06. The SMILES string of the molecule is Cc1cccc(CC(=O)N2CCCN(C(=O)NC(C)(C)C)CC2)c1. The Morgan fingerprint density at radius 2 is 1.75 bits per heavy atom. The highest BCUT2D eigenvalue weighted by molar-refractivity contribution is 5.79. The van der Waals surface area contributed by atoms with Crippen molar-refractivity contribution in [2.24, 2.45) is 0 Å². The number of carbonyl (C=O) groups is 2. The highest BCUT2D eigenvalue weighted by Gasteiger charge is 2.24. The van der Waals surface area contributed by atoms with Crippen LogP contribution in [-0.2, 0) is 11.2 Å². The van der Waals surface area contributed by atoms with Crippen LogP contribution in [0.15, 0.2) is 24.3 Å². The van der Waals surface area contributed by atoms with E-state index < -0.39 is 0 Å². The lowest BCUT2D eigenvalue weighted by molar-refractivity contribution is -0.130. The first-order chi connectivity index (χ1) is 11.2. The Bertz CT molecular complexity index is 593. The number of aryl methyl sites for hydroxylation is 1. The normalized spacial score (nSPS) is 15.8. The second kappa shape index (κ2) is 7.69. The van der Waals surface area contributed by atoms with Gasteiger partial charge in [0.2, 0.25) is 5.91 Å². The molecule has 0 aliphatic carbocycles. The number of nitrogens with one attached hydrogen (secondary N) is 1. The Morgan fingerprint density at radius 3 is 2.42 bits per heavy atom. The Hall–Kier alpha value is -2.04. The van der Waals surface area contributed by atoms with E-state index in [9.17, 15) is 9.59 Å². The predicted molar refractivity (Wildman–Crippen MR) is 95.9 cm³/mol. The molecule has 0 unspecified atom stereocenters. The zero-order valence-corrected chi connectivity index (χ0v) is 15.3. The third kappa shape index (κ3) is 5.55. The topological polar surface area (TPSA) is 52.7 Å². The van der Waals surface area contributed by atoms with Crippen molar-refractivity contribution >= 4 is 11.9 Å². The largest absolute Gasteiger partial charge is 0.341 e. The van der Waals surface area contributed by atoms with Crippen LogP contribution in [0.1, 0.15) is 38.3 Å². The van der Waals surface area contributed by atoms with Crippen molar-refractivity contribution in [1.82, 2.24) is 15.1 Å². The monoisotopic (exact) mass is 331 g/mol. The van der Waals surface area contributed by atoms with Gasteiger partial charge in [-0.3, -0.25) is 4.79 Å². The standard InChI is InChI=1S/C19H29N3O2/c1-15-7-5-8-16(13-15)14-17(23)21-9-6-10-22(12-11-21)18(24)20-19(2,3)4/h5,7-8,13H,6,9-12,14H2,1-4H3,(H,20,24). The van der Waals surface area contributed by atoms with E-state index in [4.69, 9.17) is 0 Å². The molecule has 3 amide bonds. The number of rotatable bonds is 2. The number of urea groups is 1. The van der Waals surface area contributed by atoms with Gasteiger partial charge in [-0.15, -0.1) is 0 Å². The van der Waals surface area contributed by atoms with Crippen LogP contribution >= 0.6 is 0 Å². The van der Waals surface area contributed by atoms with Crippen molar-refractivity contribution in [1.29, 1.82) is 0 Å². The van der Waals surface area contributed by atoms with E-state index >= 15 is 0 Å². The molecule has 5 nitrogen and oxygen atoms in total. The van der Waals surface area contributed by atoms with E-state index in [1.54, 1.807) is 0 Å². The van der Waals surface area contributed by atoms with Crippen LogP contribution in [0, 0.1) is 6.92 Å². The third-order valence-electron chi connectivity index (χ3n) is 4.06. The average molecular weight is 331 g/mol. The van der Waals surface area contributed by atoms with Crippen LogP contribution in [0.2, 0.25) is 0 Å². The van der Waals surface area contributed by atoms with Crippen LogP contribution in [-0.4, -0.2) is 53.5 Å². The summed E-state index contributed by atoms with van der Waals surface area (Å²) in [4.78, 5) is 28.5. The first-order valence-corrected chi connectivity index (χ1v) is 8.65. The molecule has 0 bridgehead atoms. The number of hydrogen-bond acceptors (Lipinski definition) is 2. The molecule has 0 aromatic heterocycles. The van der Waals surface area contributed by atoms with E-state index in [-0.39, 0.29) is 17.5 Å². The Balaban J connectivity index is 1.90. The fraction of sp³-hybridized carbons (Fsp3) is 0.579. The highest BCUT2D eigenvalue weighted by atomic mass is 16.2. The minimum atomic E-state index is -0.246. The second-order valence-corrected chi connectivity index (χ2v) is 7.57. The van der Waals surface area contributed by atoms with Gasteiger partial charge < -0.3 is 15.1 Å². The van der Waals surface area contributed by atoms with E-state index in [2.05, 4.69) is 11.4 Å². The molecule has 1 aromatic rings. The fourth-order valence-corrected chi connectivity index (χ4v) is 2.88. The predicted octanol–water partition coefficient (Wildman–Crippen LogP) is 2.58. The lowest BCUT2D eigenvalue weighted by Gasteiger charge is -2.27. The molecule has 1 aliphatic heterocycles. The molecular formula is C19H29N3O2. The van der Waals surface area contributed by atoms with Gasteiger partial charge in [-0.25, -0.2) is 4.79 Å². The maximum atomic E-state index is 12.5. The molecule has 1 heterocycles. The maximum absolute atomic E-state index is 12.5. The molecular weight excluding hydrogens is 302 g/mol. The number of amides is 3. The molecule has 0 spiro atoms. The van der Waals surface area contributed by atoms with Crippen LogP contribution in [0.4, 0.5) is 4.79 Å². The van der Waals surface area contributed by atoms with Gasteiger partial charge >= 0.3 is 6.03 Å². The van der Waals surface area contributed by atoms with E-state index in [1.165, 1.54) is 5.56 Å². The zero-order valence-electron chi connectivity index (χ0n) is 15.3. The van der Waals surface area contributed by atoms with Crippen LogP contribution in [0.3, 0.4) is 0 Å². The second-order valence-electron chi connectivity index (χ2n) is 7.57. The summed E-state index contributed by atoms with van der Waals surface area (Å²) in [6.45, 7) is 10.5. The van der Waals surface area contributed by atoms with Crippen LogP contribution in [0.5, 0.6) is 0 Å². The summed E-state index contributed by atoms with van der Waals surface area (Å²) in [5, 5.41) is 2.99. The smallest absolute Gasteiger partial charge is 0.317 e. The zero-order chi connectivity index (χ0) is 17.7. The van der Waals surface area contributed by atoms with Crippen molar-refractivity contribution in [3.05, 3.63) is 35.4 Å². The van der Waals surface area contributed by atoms with Gasteiger partial charge in [0, 0.05) is 31.7 Å². The van der Waals surface area contributed by atoms with Crippen molar-refractivity contribution in [3.8, 4) is 0 Å². The molecule has 24 heavy (non-hydrogen) atoms. The first kappa shape index (κ1) is 18.3. The van der Waals surface area contributed by atoms with Gasteiger partial charge in [0.15, 0.2) is 0 Å². The molecule has 1 aliphatic rings. The van der Waals surface area contributed by atoms with Gasteiger partial charge in [-0.1, -0.05) is 29.8 Å². The van der Waals surface area contributed by atoms with E-state index in [0.717, 1.165) is 12.0 Å². The molecule has 0 radical (unpaired) electrons. The number of hydrogen-bond donors (Lipinski definition) is 1. The molecule has 1 saturated heterocycles. The van der Waals surface area contributed by atoms with E-state index in [1.807, 2.05) is 55.7 Å². The average Bonchev–Trinajstić information content (AvgIpc) is 2.71. The van der Waals surface area contributed by atoms with Gasteiger partial charge in [0.1, 0.15) is 0 Å². The minimum absolute atomic E-state index is 0.0458. The van der Waals surface area contributed by atoms with Crippen molar-refractivity contribution in [2.45, 2.75) is 46.1 Å². The van der Waals surface area contributed by atoms with Crippen molar-refractivity contribution in [3.63, 3.8) is 0 Å². The molecule has 2 rings (SSSR count). The van der Waals surface area contributed by atoms with Gasteiger partial charge in [0.05, 0.1) is 6.42 Å². The van der Waals surface area contributed by atoms with Crippen molar-refractivity contribution in [2.75, 3.05) is 26.2 Å². The number of carbonyl (C=O) groups excluding carboxylic acids is 2. The van der Waals surface area contributed by atoms with Crippen LogP contribution in [0.25, 0.3) is 0 Å². The molecule has 0 saturated carbocycles. The summed E-state index contributed by atoms with van der Waals surface area (Å²) in [5.74, 6) is 0.138. The van der Waals surface area contributed by atoms with E-state index in [0.29, 0.717) is 32.6 Å². The summed E-state index contributed by atoms with van der Waals surface area (Å²) in [6.07, 6.45) is 1.24. The molecule has 132 valence electrons. The highest BCUT2D eigenvalue weighted by Crippen LogP contribution is 2.10. The summed E-state index contributed by atoms with van der Waals surface area (Å²) in [6, 6.07) is 8.02. The molecule has 5 heteroatoms. The first-order valence-electron chi connectivity index (χ1n) is 8.65. The Labute approximate surface area is 145 Å². The Kier molecular flexibility index (Phi) is 5.86. The summed E-state index contributed by atoms with van der Waals surface area (Å²) >= 11 is 0. The molecule has 1 fully saturated rings. The molecule has 1 aromatic carbocycles.